The first-order chi connectivity index (χ1) is 12.4. The van der Waals surface area contributed by atoms with Crippen LogP contribution >= 0.6 is 7.37 Å². The number of benzene rings is 1. The molecule has 4 N–H and O–H groups in total. The van der Waals surface area contributed by atoms with Crippen LogP contribution < -0.4 is 15.2 Å². The van der Waals surface area contributed by atoms with E-state index >= 15 is 0 Å². The SMILES string of the molecule is NCCCP(=O)(O)Cc1ccc(OCC(=O)O)c(OC(F)(F)F)c1.O=C=O. The Morgan fingerprint density at radius 3 is 2.33 bits per heavy atom. The molecule has 13 heteroatoms. The number of carboxylic acids is 1. The maximum atomic E-state index is 12.4. The van der Waals surface area contributed by atoms with Gasteiger partial charge in [0, 0.05) is 12.3 Å². The van der Waals surface area contributed by atoms with Crippen LogP contribution in [0.5, 0.6) is 11.5 Å². The summed E-state index contributed by atoms with van der Waals surface area (Å²) in [5, 5.41) is 8.52. The average Bonchev–Trinajstić information content (AvgIpc) is 2.51. The highest BCUT2D eigenvalue weighted by Crippen LogP contribution is 2.46. The molecular weight excluding hydrogens is 398 g/mol. The molecule has 0 saturated heterocycles. The number of rotatable bonds is 9. The standard InChI is InChI=1S/C13H17F3NO6P.CO2/c14-13(15,16)23-11-6-9(8-24(20,21)5-1-4-17)2-3-10(11)22-7-12(18)19;2-1-3/h2-3,6H,1,4-5,7-8,17H2,(H,18,19)(H,20,21);. The molecule has 1 atom stereocenters. The fourth-order valence-corrected chi connectivity index (χ4v) is 3.42. The maximum absolute atomic E-state index is 12.4. The first-order valence-electron chi connectivity index (χ1n) is 7.17. The normalized spacial score (nSPS) is 12.8. The summed E-state index contributed by atoms with van der Waals surface area (Å²) in [7, 11) is -3.60. The third-order valence-electron chi connectivity index (χ3n) is 2.73. The van der Waals surface area contributed by atoms with Crippen LogP contribution in [-0.4, -0.2) is 47.8 Å². The lowest BCUT2D eigenvalue weighted by atomic mass is 10.2. The van der Waals surface area contributed by atoms with Crippen LogP contribution in [0.4, 0.5) is 13.2 Å². The molecule has 0 aromatic heterocycles. The second-order valence-electron chi connectivity index (χ2n) is 4.96. The zero-order valence-electron chi connectivity index (χ0n) is 13.8. The summed E-state index contributed by atoms with van der Waals surface area (Å²) in [6.45, 7) is -0.641. The summed E-state index contributed by atoms with van der Waals surface area (Å²) in [5.74, 6) is -2.59. The van der Waals surface area contributed by atoms with Crippen LogP contribution in [0.2, 0.25) is 0 Å². The minimum atomic E-state index is -5.03. The lowest BCUT2D eigenvalue weighted by Crippen LogP contribution is -2.18. The third-order valence-corrected chi connectivity index (χ3v) is 4.60. The Hall–Kier alpha value is -2.39. The molecular formula is C14H17F3NO8P. The van der Waals surface area contributed by atoms with E-state index < -0.39 is 37.8 Å². The number of hydrogen-bond acceptors (Lipinski definition) is 7. The fourth-order valence-electron chi connectivity index (χ4n) is 1.82. The number of carbonyl (C=O) groups is 1. The molecule has 0 aliphatic rings. The van der Waals surface area contributed by atoms with Crippen LogP contribution in [0.1, 0.15) is 12.0 Å². The number of halogens is 3. The molecule has 0 heterocycles. The summed E-state index contributed by atoms with van der Waals surface area (Å²) < 4.78 is 57.8. The Labute approximate surface area is 151 Å². The van der Waals surface area contributed by atoms with E-state index in [1.165, 1.54) is 6.07 Å². The van der Waals surface area contributed by atoms with E-state index in [2.05, 4.69) is 4.74 Å². The van der Waals surface area contributed by atoms with Gasteiger partial charge < -0.3 is 25.2 Å². The number of ether oxygens (including phenoxy) is 2. The lowest BCUT2D eigenvalue weighted by Gasteiger charge is -2.16. The minimum absolute atomic E-state index is 0.0593. The second-order valence-corrected chi connectivity index (χ2v) is 7.42. The van der Waals surface area contributed by atoms with Crippen LogP contribution in [0.15, 0.2) is 18.2 Å². The molecule has 0 fully saturated rings. The van der Waals surface area contributed by atoms with E-state index in [1.807, 2.05) is 0 Å². The third kappa shape index (κ3) is 11.8. The van der Waals surface area contributed by atoms with Crippen molar-refractivity contribution in [1.29, 1.82) is 0 Å². The number of alkyl halides is 3. The van der Waals surface area contributed by atoms with Crippen molar-refractivity contribution in [2.75, 3.05) is 19.3 Å². The van der Waals surface area contributed by atoms with Gasteiger partial charge in [-0.3, -0.25) is 4.57 Å². The van der Waals surface area contributed by atoms with E-state index in [9.17, 15) is 27.4 Å². The molecule has 0 bridgehead atoms. The van der Waals surface area contributed by atoms with E-state index in [4.69, 9.17) is 25.2 Å². The van der Waals surface area contributed by atoms with Gasteiger partial charge in [0.1, 0.15) is 0 Å². The molecule has 27 heavy (non-hydrogen) atoms. The largest absolute Gasteiger partial charge is 0.573 e. The van der Waals surface area contributed by atoms with Crippen LogP contribution in [0.25, 0.3) is 0 Å². The van der Waals surface area contributed by atoms with Crippen LogP contribution in [0.3, 0.4) is 0 Å². The fraction of sp³-hybridized carbons (Fsp3) is 0.429. The van der Waals surface area contributed by atoms with E-state index in [1.54, 1.807) is 0 Å². The highest BCUT2D eigenvalue weighted by Gasteiger charge is 2.33. The monoisotopic (exact) mass is 415 g/mol. The first-order valence-corrected chi connectivity index (χ1v) is 9.20. The van der Waals surface area contributed by atoms with Crippen molar-refractivity contribution < 1.29 is 51.6 Å². The number of aliphatic carboxylic acids is 1. The highest BCUT2D eigenvalue weighted by molar-refractivity contribution is 7.57. The van der Waals surface area contributed by atoms with E-state index in [0.29, 0.717) is 6.42 Å². The van der Waals surface area contributed by atoms with E-state index in [0.717, 1.165) is 12.1 Å². The van der Waals surface area contributed by atoms with Gasteiger partial charge in [-0.2, -0.15) is 9.59 Å². The molecule has 0 amide bonds. The van der Waals surface area contributed by atoms with Crippen molar-refractivity contribution in [3.63, 3.8) is 0 Å². The van der Waals surface area contributed by atoms with Gasteiger partial charge in [0.05, 0.1) is 0 Å². The van der Waals surface area contributed by atoms with Crippen molar-refractivity contribution in [2.45, 2.75) is 18.9 Å². The maximum Gasteiger partial charge on any atom is 0.573 e. The summed E-state index contributed by atoms with van der Waals surface area (Å²) >= 11 is 0. The smallest absolute Gasteiger partial charge is 0.479 e. The van der Waals surface area contributed by atoms with Gasteiger partial charge in [-0.15, -0.1) is 13.2 Å². The molecule has 0 saturated carbocycles. The van der Waals surface area contributed by atoms with Gasteiger partial charge in [-0.05, 0) is 30.7 Å². The predicted molar refractivity (Wildman–Crippen MR) is 83.3 cm³/mol. The molecule has 0 aliphatic carbocycles. The summed E-state index contributed by atoms with van der Waals surface area (Å²) in [6, 6.07) is 3.23. The molecule has 0 spiro atoms. The van der Waals surface area contributed by atoms with Gasteiger partial charge in [0.2, 0.25) is 7.37 Å². The predicted octanol–water partition coefficient (Wildman–Crippen LogP) is 1.58. The summed E-state index contributed by atoms with van der Waals surface area (Å²) in [4.78, 5) is 36.5. The highest BCUT2D eigenvalue weighted by atomic mass is 31.2. The summed E-state index contributed by atoms with van der Waals surface area (Å²) in [6.07, 6.45) is -4.89. The van der Waals surface area contributed by atoms with Gasteiger partial charge >= 0.3 is 18.5 Å². The molecule has 0 aliphatic heterocycles. The Bertz CT molecular complexity index is 704. The number of nitrogens with two attached hydrogens (primary N) is 1. The van der Waals surface area contributed by atoms with Crippen molar-refractivity contribution in [3.8, 4) is 11.5 Å². The molecule has 1 unspecified atom stereocenters. The van der Waals surface area contributed by atoms with Crippen molar-refractivity contribution in [2.24, 2.45) is 5.73 Å². The van der Waals surface area contributed by atoms with Crippen LogP contribution in [-0.2, 0) is 25.1 Å². The number of hydrogen-bond donors (Lipinski definition) is 3. The quantitative estimate of drug-likeness (QED) is 0.510. The van der Waals surface area contributed by atoms with E-state index in [-0.39, 0.29) is 30.6 Å². The Kier molecular flexibility index (Phi) is 10.3. The molecule has 9 nitrogen and oxygen atoms in total. The number of carbonyl (C=O) groups excluding carboxylic acids is 2. The van der Waals surface area contributed by atoms with Crippen molar-refractivity contribution in [3.05, 3.63) is 23.8 Å². The molecule has 1 rings (SSSR count). The lowest BCUT2D eigenvalue weighted by molar-refractivity contribution is -0.275. The van der Waals surface area contributed by atoms with Crippen molar-refractivity contribution in [1.82, 2.24) is 0 Å². The molecule has 0 radical (unpaired) electrons. The summed E-state index contributed by atoms with van der Waals surface area (Å²) in [5.41, 5.74) is 5.38. The Morgan fingerprint density at radius 1 is 1.26 bits per heavy atom. The van der Waals surface area contributed by atoms with Gasteiger partial charge in [0.25, 0.3) is 0 Å². The Morgan fingerprint density at radius 2 is 1.85 bits per heavy atom. The topological polar surface area (TPSA) is 153 Å². The van der Waals surface area contributed by atoms with Gasteiger partial charge in [-0.25, -0.2) is 4.79 Å². The molecule has 1 aromatic rings. The molecule has 1 aromatic carbocycles. The zero-order chi connectivity index (χ0) is 21.1. The second kappa shape index (κ2) is 11.3. The zero-order valence-corrected chi connectivity index (χ0v) is 14.7. The minimum Gasteiger partial charge on any atom is -0.479 e. The van der Waals surface area contributed by atoms with Crippen LogP contribution in [0, 0.1) is 0 Å². The van der Waals surface area contributed by atoms with Gasteiger partial charge in [0.15, 0.2) is 18.1 Å². The number of carboxylic acid groups (broad SMARTS) is 1. The first kappa shape index (κ1) is 24.6. The molecule has 152 valence electrons. The Balaban J connectivity index is 0.00000210. The van der Waals surface area contributed by atoms with Crippen molar-refractivity contribution >= 4 is 19.5 Å². The van der Waals surface area contributed by atoms with Gasteiger partial charge in [-0.1, -0.05) is 6.07 Å². The average molecular weight is 415 g/mol.